The number of carbonyl (C=O) groups is 1. The number of rotatable bonds is 5. The van der Waals surface area contributed by atoms with Crippen molar-refractivity contribution in [1.29, 1.82) is 0 Å². The monoisotopic (exact) mass is 422 g/mol. The maximum absolute atomic E-state index is 13.4. The Morgan fingerprint density at radius 3 is 2.68 bits per heavy atom. The largest absolute Gasteiger partial charge is 0.370 e. The Bertz CT molecular complexity index is 1090. The van der Waals surface area contributed by atoms with Crippen molar-refractivity contribution in [3.8, 4) is 0 Å². The molecule has 0 fully saturated rings. The average molecular weight is 423 g/mol. The van der Waals surface area contributed by atoms with Crippen LogP contribution in [0.2, 0.25) is 0 Å². The number of ether oxygens (including phenoxy) is 1. The predicted octanol–water partition coefficient (Wildman–Crippen LogP) is 4.48. The molecule has 0 radical (unpaired) electrons. The molecular formula is C24H27FN4O2. The van der Waals surface area contributed by atoms with Crippen LogP contribution in [0.4, 0.5) is 14.9 Å². The minimum Gasteiger partial charge on any atom is -0.370 e. The van der Waals surface area contributed by atoms with Crippen LogP contribution in [-0.2, 0) is 38.0 Å². The molecule has 1 aliphatic heterocycles. The average Bonchev–Trinajstić information content (AvgIpc) is 3.02. The van der Waals surface area contributed by atoms with E-state index in [2.05, 4.69) is 16.5 Å². The van der Waals surface area contributed by atoms with Gasteiger partial charge in [-0.2, -0.15) is 5.10 Å². The molecule has 2 aromatic carbocycles. The molecule has 1 aliphatic rings. The molecule has 1 aromatic heterocycles. The van der Waals surface area contributed by atoms with Crippen molar-refractivity contribution >= 4 is 11.7 Å². The molecule has 7 heteroatoms. The number of urea groups is 1. The Balaban J connectivity index is 1.42. The summed E-state index contributed by atoms with van der Waals surface area (Å²) in [6.07, 6.45) is 0.739. The Labute approximate surface area is 181 Å². The highest BCUT2D eigenvalue weighted by molar-refractivity contribution is 5.89. The van der Waals surface area contributed by atoms with Gasteiger partial charge in [-0.05, 0) is 54.8 Å². The first-order valence-corrected chi connectivity index (χ1v) is 10.4. The van der Waals surface area contributed by atoms with Crippen LogP contribution in [0.5, 0.6) is 0 Å². The first kappa shape index (κ1) is 21.1. The molecule has 2 amide bonds. The van der Waals surface area contributed by atoms with Gasteiger partial charge in [0.15, 0.2) is 0 Å². The lowest BCUT2D eigenvalue weighted by Gasteiger charge is -2.28. The Morgan fingerprint density at radius 1 is 1.16 bits per heavy atom. The van der Waals surface area contributed by atoms with Crippen LogP contribution in [0.3, 0.4) is 0 Å². The van der Waals surface area contributed by atoms with Gasteiger partial charge in [-0.1, -0.05) is 18.2 Å². The lowest BCUT2D eigenvalue weighted by Crippen LogP contribution is -2.39. The third kappa shape index (κ3) is 4.94. The quantitative estimate of drug-likeness (QED) is 0.659. The van der Waals surface area contributed by atoms with Crippen LogP contribution in [0, 0.1) is 19.7 Å². The van der Waals surface area contributed by atoms with Gasteiger partial charge in [-0.3, -0.25) is 4.68 Å². The molecule has 1 N–H and O–H groups in total. The van der Waals surface area contributed by atoms with Crippen LogP contribution < -0.4 is 5.32 Å². The van der Waals surface area contributed by atoms with E-state index in [4.69, 9.17) is 4.74 Å². The maximum atomic E-state index is 13.4. The zero-order valence-electron chi connectivity index (χ0n) is 18.1. The standard InChI is InChI=1S/C24H27FN4O2/c1-16-9-17(2)11-20(10-16)26-24(30)29-8-7-23-21(13-29)22(27-28(23)3)15-31-14-18-5-4-6-19(25)12-18/h4-6,9-12H,7-8,13-15H2,1-3H3,(H,26,30). The van der Waals surface area contributed by atoms with Crippen LogP contribution in [-0.4, -0.2) is 27.3 Å². The number of nitrogens with one attached hydrogen (secondary N) is 1. The Hall–Kier alpha value is -3.19. The fraction of sp³-hybridized carbons (Fsp3) is 0.333. The second-order valence-electron chi connectivity index (χ2n) is 8.10. The van der Waals surface area contributed by atoms with Crippen molar-refractivity contribution in [3.05, 3.63) is 81.9 Å². The Morgan fingerprint density at radius 2 is 1.94 bits per heavy atom. The number of anilines is 1. The maximum Gasteiger partial charge on any atom is 0.322 e. The van der Waals surface area contributed by atoms with Gasteiger partial charge in [0.25, 0.3) is 0 Å². The lowest BCUT2D eigenvalue weighted by atomic mass is 10.1. The fourth-order valence-corrected chi connectivity index (χ4v) is 4.10. The number of aryl methyl sites for hydroxylation is 3. The number of halogens is 1. The van der Waals surface area contributed by atoms with Gasteiger partial charge in [0.05, 0.1) is 25.5 Å². The molecule has 0 saturated heterocycles. The van der Waals surface area contributed by atoms with Crippen molar-refractivity contribution in [2.75, 3.05) is 11.9 Å². The van der Waals surface area contributed by atoms with E-state index < -0.39 is 0 Å². The molecule has 162 valence electrons. The van der Waals surface area contributed by atoms with Gasteiger partial charge < -0.3 is 15.0 Å². The number of benzene rings is 2. The number of amides is 2. The third-order valence-corrected chi connectivity index (χ3v) is 5.48. The SMILES string of the molecule is Cc1cc(C)cc(NC(=O)N2CCc3c(c(COCc4cccc(F)c4)nn3C)C2)c1. The summed E-state index contributed by atoms with van der Waals surface area (Å²) in [5.41, 5.74) is 6.78. The highest BCUT2D eigenvalue weighted by atomic mass is 19.1. The first-order chi connectivity index (χ1) is 14.9. The fourth-order valence-electron chi connectivity index (χ4n) is 4.10. The molecule has 4 rings (SSSR count). The van der Waals surface area contributed by atoms with E-state index in [0.717, 1.165) is 45.7 Å². The molecule has 6 nitrogen and oxygen atoms in total. The van der Waals surface area contributed by atoms with Gasteiger partial charge in [0, 0.05) is 37.0 Å². The van der Waals surface area contributed by atoms with E-state index in [9.17, 15) is 9.18 Å². The van der Waals surface area contributed by atoms with Gasteiger partial charge in [-0.15, -0.1) is 0 Å². The summed E-state index contributed by atoms with van der Waals surface area (Å²) in [7, 11) is 1.92. The number of hydrogen-bond donors (Lipinski definition) is 1. The van der Waals surface area contributed by atoms with E-state index >= 15 is 0 Å². The smallest absolute Gasteiger partial charge is 0.322 e. The van der Waals surface area contributed by atoms with Crippen LogP contribution in [0.25, 0.3) is 0 Å². The summed E-state index contributed by atoms with van der Waals surface area (Å²) in [4.78, 5) is 14.7. The molecule has 0 aliphatic carbocycles. The molecule has 0 unspecified atom stereocenters. The number of carbonyl (C=O) groups excluding carboxylic acids is 1. The third-order valence-electron chi connectivity index (χ3n) is 5.48. The van der Waals surface area contributed by atoms with Crippen molar-refractivity contribution in [2.45, 2.75) is 40.0 Å². The summed E-state index contributed by atoms with van der Waals surface area (Å²) in [6.45, 7) is 5.76. The number of fused-ring (bicyclic) bond motifs is 1. The van der Waals surface area contributed by atoms with Crippen molar-refractivity contribution in [3.63, 3.8) is 0 Å². The number of nitrogens with zero attached hydrogens (tertiary/aromatic N) is 3. The molecule has 0 saturated carbocycles. The second-order valence-corrected chi connectivity index (χ2v) is 8.10. The van der Waals surface area contributed by atoms with Gasteiger partial charge in [0.1, 0.15) is 5.82 Å². The minimum absolute atomic E-state index is 0.119. The van der Waals surface area contributed by atoms with Crippen molar-refractivity contribution in [2.24, 2.45) is 7.05 Å². The Kier molecular flexibility index (Phi) is 6.04. The predicted molar refractivity (Wildman–Crippen MR) is 117 cm³/mol. The van der Waals surface area contributed by atoms with E-state index in [1.54, 1.807) is 11.0 Å². The second kappa shape index (κ2) is 8.89. The van der Waals surface area contributed by atoms with Crippen molar-refractivity contribution in [1.82, 2.24) is 14.7 Å². The van der Waals surface area contributed by atoms with Crippen LogP contribution in [0.1, 0.15) is 33.6 Å². The van der Waals surface area contributed by atoms with Crippen LogP contribution >= 0.6 is 0 Å². The van der Waals surface area contributed by atoms with E-state index in [0.29, 0.717) is 26.3 Å². The molecule has 3 aromatic rings. The van der Waals surface area contributed by atoms with Gasteiger partial charge in [-0.25, -0.2) is 9.18 Å². The zero-order valence-corrected chi connectivity index (χ0v) is 18.1. The summed E-state index contributed by atoms with van der Waals surface area (Å²) in [5, 5.41) is 7.61. The summed E-state index contributed by atoms with van der Waals surface area (Å²) < 4.78 is 21.0. The van der Waals surface area contributed by atoms with E-state index in [-0.39, 0.29) is 11.8 Å². The van der Waals surface area contributed by atoms with Crippen molar-refractivity contribution < 1.29 is 13.9 Å². The summed E-state index contributed by atoms with van der Waals surface area (Å²) >= 11 is 0. The molecule has 0 spiro atoms. The topological polar surface area (TPSA) is 59.4 Å². The number of aromatic nitrogens is 2. The van der Waals surface area contributed by atoms with Gasteiger partial charge in [0.2, 0.25) is 0 Å². The summed E-state index contributed by atoms with van der Waals surface area (Å²) in [5.74, 6) is -0.276. The van der Waals surface area contributed by atoms with Crippen LogP contribution in [0.15, 0.2) is 42.5 Å². The molecule has 2 heterocycles. The molecule has 0 atom stereocenters. The molecule has 0 bridgehead atoms. The lowest BCUT2D eigenvalue weighted by molar-refractivity contribution is 0.103. The normalized spacial score (nSPS) is 13.2. The highest BCUT2D eigenvalue weighted by Gasteiger charge is 2.26. The van der Waals surface area contributed by atoms with Gasteiger partial charge >= 0.3 is 6.03 Å². The molecule has 31 heavy (non-hydrogen) atoms. The number of hydrogen-bond acceptors (Lipinski definition) is 3. The zero-order chi connectivity index (χ0) is 22.0. The minimum atomic E-state index is -0.276. The summed E-state index contributed by atoms with van der Waals surface area (Å²) in [6, 6.07) is 12.3. The van der Waals surface area contributed by atoms with E-state index in [1.165, 1.54) is 12.1 Å². The molecular weight excluding hydrogens is 395 g/mol. The van der Waals surface area contributed by atoms with E-state index in [1.807, 2.05) is 43.8 Å². The highest BCUT2D eigenvalue weighted by Crippen LogP contribution is 2.24. The first-order valence-electron chi connectivity index (χ1n) is 10.4.